The van der Waals surface area contributed by atoms with E-state index in [2.05, 4.69) is 21.4 Å². The van der Waals surface area contributed by atoms with Gasteiger partial charge in [0, 0.05) is 36.0 Å². The average molecular weight is 251 g/mol. The van der Waals surface area contributed by atoms with Crippen molar-refractivity contribution < 1.29 is 4.79 Å². The molecule has 2 heterocycles. The maximum atomic E-state index is 11.1. The molecule has 4 nitrogen and oxygen atoms in total. The van der Waals surface area contributed by atoms with Gasteiger partial charge in [0.15, 0.2) is 0 Å². The van der Waals surface area contributed by atoms with Crippen LogP contribution in [0.15, 0.2) is 48.8 Å². The van der Waals surface area contributed by atoms with Crippen molar-refractivity contribution in [3.05, 3.63) is 48.8 Å². The van der Waals surface area contributed by atoms with E-state index in [1.807, 2.05) is 42.7 Å². The Morgan fingerprint density at radius 1 is 1.21 bits per heavy atom. The van der Waals surface area contributed by atoms with Gasteiger partial charge in [-0.15, -0.1) is 0 Å². The van der Waals surface area contributed by atoms with Crippen LogP contribution < -0.4 is 5.32 Å². The van der Waals surface area contributed by atoms with Crippen LogP contribution in [0, 0.1) is 0 Å². The lowest BCUT2D eigenvalue weighted by Gasteiger charge is -2.06. The molecule has 1 aromatic carbocycles. The molecule has 3 rings (SSSR count). The number of anilines is 1. The summed E-state index contributed by atoms with van der Waals surface area (Å²) in [5.41, 5.74) is 3.72. The second kappa shape index (κ2) is 4.57. The number of rotatable bonds is 2. The number of fused-ring (bicyclic) bond motifs is 1. The van der Waals surface area contributed by atoms with Crippen LogP contribution in [0.4, 0.5) is 5.69 Å². The first-order chi connectivity index (χ1) is 9.22. The lowest BCUT2D eigenvalue weighted by atomic mass is 10.1. The smallest absolute Gasteiger partial charge is 0.221 e. The molecule has 0 saturated heterocycles. The minimum atomic E-state index is -0.0728. The summed E-state index contributed by atoms with van der Waals surface area (Å²) in [5.74, 6) is -0.0728. The Morgan fingerprint density at radius 2 is 2.11 bits per heavy atom. The maximum Gasteiger partial charge on any atom is 0.221 e. The maximum absolute atomic E-state index is 11.1. The van der Waals surface area contributed by atoms with E-state index in [-0.39, 0.29) is 5.91 Å². The van der Waals surface area contributed by atoms with Crippen LogP contribution in [0.25, 0.3) is 22.2 Å². The number of hydrogen-bond acceptors (Lipinski definition) is 2. The molecule has 3 aromatic rings. The number of benzene rings is 1. The Kier molecular flexibility index (Phi) is 2.76. The zero-order valence-corrected chi connectivity index (χ0v) is 10.5. The van der Waals surface area contributed by atoms with Crippen LogP contribution in [-0.2, 0) is 4.79 Å². The van der Waals surface area contributed by atoms with Crippen LogP contribution in [0.1, 0.15) is 6.92 Å². The largest absolute Gasteiger partial charge is 0.346 e. The number of aromatic nitrogens is 2. The molecule has 0 atom stereocenters. The van der Waals surface area contributed by atoms with Crippen molar-refractivity contribution in [1.82, 2.24) is 9.97 Å². The second-order valence-corrected chi connectivity index (χ2v) is 4.40. The Hall–Kier alpha value is -2.62. The standard InChI is InChI=1S/C15H13N3O/c1-10(19)18-14-4-2-3-11(8-14)13-7-12-5-6-16-15(12)17-9-13/h2-9H,1H3,(H,16,17)(H,18,19). The first kappa shape index (κ1) is 11.5. The molecule has 1 amide bonds. The molecule has 0 aliphatic heterocycles. The number of nitrogens with zero attached hydrogens (tertiary/aromatic N) is 1. The summed E-state index contributed by atoms with van der Waals surface area (Å²) in [6.07, 6.45) is 3.70. The van der Waals surface area contributed by atoms with Gasteiger partial charge >= 0.3 is 0 Å². The number of aromatic amines is 1. The lowest BCUT2D eigenvalue weighted by molar-refractivity contribution is -0.114. The minimum absolute atomic E-state index is 0.0728. The fourth-order valence-electron chi connectivity index (χ4n) is 2.08. The highest BCUT2D eigenvalue weighted by Crippen LogP contribution is 2.24. The molecule has 0 aliphatic rings. The number of carbonyl (C=O) groups excluding carboxylic acids is 1. The second-order valence-electron chi connectivity index (χ2n) is 4.40. The van der Waals surface area contributed by atoms with E-state index < -0.39 is 0 Å². The summed E-state index contributed by atoms with van der Waals surface area (Å²) in [6, 6.07) is 11.8. The molecule has 0 bridgehead atoms. The third-order valence-corrected chi connectivity index (χ3v) is 2.92. The van der Waals surface area contributed by atoms with Gasteiger partial charge in [-0.1, -0.05) is 12.1 Å². The third kappa shape index (κ3) is 2.33. The van der Waals surface area contributed by atoms with Crippen molar-refractivity contribution in [3.8, 4) is 11.1 Å². The molecule has 0 unspecified atom stereocenters. The number of hydrogen-bond donors (Lipinski definition) is 2. The molecule has 94 valence electrons. The molecular formula is C15H13N3O. The average Bonchev–Trinajstić information content (AvgIpc) is 2.85. The fraction of sp³-hybridized carbons (Fsp3) is 0.0667. The Labute approximate surface area is 110 Å². The van der Waals surface area contributed by atoms with Crippen LogP contribution >= 0.6 is 0 Å². The summed E-state index contributed by atoms with van der Waals surface area (Å²) in [6.45, 7) is 1.50. The molecule has 0 spiro atoms. The monoisotopic (exact) mass is 251 g/mol. The minimum Gasteiger partial charge on any atom is -0.346 e. The highest BCUT2D eigenvalue weighted by molar-refractivity contribution is 5.90. The van der Waals surface area contributed by atoms with E-state index in [0.29, 0.717) is 0 Å². The van der Waals surface area contributed by atoms with Crippen molar-refractivity contribution in [1.29, 1.82) is 0 Å². The Morgan fingerprint density at radius 3 is 2.95 bits per heavy atom. The first-order valence-corrected chi connectivity index (χ1v) is 6.03. The number of amides is 1. The Bertz CT molecular complexity index is 746. The molecule has 4 heteroatoms. The van der Waals surface area contributed by atoms with Crippen LogP contribution in [0.2, 0.25) is 0 Å². The molecule has 0 aliphatic carbocycles. The SMILES string of the molecule is CC(=O)Nc1cccc(-c2cnc3[nH]ccc3c2)c1. The zero-order chi connectivity index (χ0) is 13.2. The molecule has 2 aromatic heterocycles. The van der Waals surface area contributed by atoms with Crippen LogP contribution in [0.5, 0.6) is 0 Å². The normalized spacial score (nSPS) is 10.6. The third-order valence-electron chi connectivity index (χ3n) is 2.92. The summed E-state index contributed by atoms with van der Waals surface area (Å²) in [4.78, 5) is 18.5. The van der Waals surface area contributed by atoms with E-state index in [0.717, 1.165) is 27.8 Å². The molecule has 0 radical (unpaired) electrons. The van der Waals surface area contributed by atoms with Gasteiger partial charge in [-0.3, -0.25) is 4.79 Å². The number of nitrogens with one attached hydrogen (secondary N) is 2. The number of carbonyl (C=O) groups is 1. The zero-order valence-electron chi connectivity index (χ0n) is 10.5. The highest BCUT2D eigenvalue weighted by atomic mass is 16.1. The van der Waals surface area contributed by atoms with Gasteiger partial charge in [0.2, 0.25) is 5.91 Å². The summed E-state index contributed by atoms with van der Waals surface area (Å²) in [7, 11) is 0. The van der Waals surface area contributed by atoms with Crippen molar-refractivity contribution in [3.63, 3.8) is 0 Å². The van der Waals surface area contributed by atoms with E-state index in [9.17, 15) is 4.79 Å². The van der Waals surface area contributed by atoms with Gasteiger partial charge < -0.3 is 10.3 Å². The highest BCUT2D eigenvalue weighted by Gasteiger charge is 2.03. The van der Waals surface area contributed by atoms with E-state index in [1.54, 1.807) is 0 Å². The molecule has 0 saturated carbocycles. The van der Waals surface area contributed by atoms with Crippen molar-refractivity contribution in [2.45, 2.75) is 6.92 Å². The predicted octanol–water partition coefficient (Wildman–Crippen LogP) is 3.19. The van der Waals surface area contributed by atoms with Gasteiger partial charge in [-0.05, 0) is 29.8 Å². The Balaban J connectivity index is 2.02. The summed E-state index contributed by atoms with van der Waals surface area (Å²) < 4.78 is 0. The molecular weight excluding hydrogens is 238 g/mol. The predicted molar refractivity (Wildman–Crippen MR) is 75.8 cm³/mol. The van der Waals surface area contributed by atoms with Gasteiger partial charge in [0.1, 0.15) is 5.65 Å². The quantitative estimate of drug-likeness (QED) is 0.734. The molecule has 19 heavy (non-hydrogen) atoms. The topological polar surface area (TPSA) is 57.8 Å². The van der Waals surface area contributed by atoms with E-state index in [4.69, 9.17) is 0 Å². The molecule has 2 N–H and O–H groups in total. The van der Waals surface area contributed by atoms with Gasteiger partial charge in [0.25, 0.3) is 0 Å². The lowest BCUT2D eigenvalue weighted by Crippen LogP contribution is -2.05. The van der Waals surface area contributed by atoms with Gasteiger partial charge in [-0.25, -0.2) is 4.98 Å². The molecule has 0 fully saturated rings. The van der Waals surface area contributed by atoms with Crippen molar-refractivity contribution >= 4 is 22.6 Å². The number of H-pyrrole nitrogens is 1. The number of pyridine rings is 1. The van der Waals surface area contributed by atoms with Gasteiger partial charge in [-0.2, -0.15) is 0 Å². The van der Waals surface area contributed by atoms with Crippen molar-refractivity contribution in [2.24, 2.45) is 0 Å². The van der Waals surface area contributed by atoms with E-state index >= 15 is 0 Å². The van der Waals surface area contributed by atoms with E-state index in [1.165, 1.54) is 6.92 Å². The van der Waals surface area contributed by atoms with Gasteiger partial charge in [0.05, 0.1) is 0 Å². The van der Waals surface area contributed by atoms with Crippen LogP contribution in [0.3, 0.4) is 0 Å². The van der Waals surface area contributed by atoms with Crippen LogP contribution in [-0.4, -0.2) is 15.9 Å². The fourth-order valence-corrected chi connectivity index (χ4v) is 2.08. The first-order valence-electron chi connectivity index (χ1n) is 6.03. The summed E-state index contributed by atoms with van der Waals surface area (Å²) in [5, 5.41) is 3.85. The van der Waals surface area contributed by atoms with Crippen molar-refractivity contribution in [2.75, 3.05) is 5.32 Å². The summed E-state index contributed by atoms with van der Waals surface area (Å²) >= 11 is 0.